The Kier molecular flexibility index (Phi) is 8.07. The first-order valence-corrected chi connectivity index (χ1v) is 8.21. The average Bonchev–Trinajstić information content (AvgIpc) is 2.98. The standard InChI is InChI=1S/C15H17N3OS.C2H6/c1-4-10-18-15(20-11-5-2)16-14(17-18)12-6-8-13(19-3)9-7-12;1-2/h4-9H,1-2,10-11H2,3H3;1-2H3. The number of hydrogen-bond acceptors (Lipinski definition) is 4. The molecular weight excluding hydrogens is 294 g/mol. The van der Waals surface area contributed by atoms with Crippen molar-refractivity contribution in [3.63, 3.8) is 0 Å². The van der Waals surface area contributed by atoms with Crippen LogP contribution in [0.15, 0.2) is 54.7 Å². The Morgan fingerprint density at radius 3 is 2.41 bits per heavy atom. The van der Waals surface area contributed by atoms with Gasteiger partial charge in [0.05, 0.1) is 13.7 Å². The highest BCUT2D eigenvalue weighted by atomic mass is 32.2. The van der Waals surface area contributed by atoms with E-state index in [2.05, 4.69) is 23.2 Å². The highest BCUT2D eigenvalue weighted by Crippen LogP contribution is 2.23. The summed E-state index contributed by atoms with van der Waals surface area (Å²) in [5, 5.41) is 5.39. The number of ether oxygens (including phenoxy) is 1. The van der Waals surface area contributed by atoms with Gasteiger partial charge in [0, 0.05) is 11.3 Å². The van der Waals surface area contributed by atoms with Crippen molar-refractivity contribution in [1.82, 2.24) is 14.8 Å². The Balaban J connectivity index is 0.00000116. The lowest BCUT2D eigenvalue weighted by molar-refractivity contribution is 0.415. The second-order valence-corrected chi connectivity index (χ2v) is 5.00. The van der Waals surface area contributed by atoms with Gasteiger partial charge in [0.15, 0.2) is 11.0 Å². The third-order valence-corrected chi connectivity index (χ3v) is 3.58. The molecule has 4 nitrogen and oxygen atoms in total. The number of benzene rings is 1. The second-order valence-electron chi connectivity index (χ2n) is 4.02. The molecule has 2 rings (SSSR count). The fraction of sp³-hybridized carbons (Fsp3) is 0.294. The van der Waals surface area contributed by atoms with Crippen LogP contribution in [0.25, 0.3) is 11.4 Å². The van der Waals surface area contributed by atoms with Gasteiger partial charge >= 0.3 is 0 Å². The van der Waals surface area contributed by atoms with E-state index in [0.29, 0.717) is 12.4 Å². The molecule has 0 saturated heterocycles. The van der Waals surface area contributed by atoms with Crippen molar-refractivity contribution < 1.29 is 4.74 Å². The van der Waals surface area contributed by atoms with Gasteiger partial charge in [-0.1, -0.05) is 37.8 Å². The van der Waals surface area contributed by atoms with E-state index in [1.165, 1.54) is 0 Å². The van der Waals surface area contributed by atoms with Crippen LogP contribution < -0.4 is 4.74 Å². The SMILES string of the molecule is C=CCSc1nc(-c2ccc(OC)cc2)nn1CC=C.CC. The smallest absolute Gasteiger partial charge is 0.187 e. The number of hydrogen-bond donors (Lipinski definition) is 0. The molecule has 2 aromatic rings. The molecule has 1 aromatic heterocycles. The van der Waals surface area contributed by atoms with Gasteiger partial charge < -0.3 is 4.74 Å². The molecule has 118 valence electrons. The van der Waals surface area contributed by atoms with Gasteiger partial charge in [-0.05, 0) is 24.3 Å². The van der Waals surface area contributed by atoms with Crippen molar-refractivity contribution in [1.29, 1.82) is 0 Å². The van der Waals surface area contributed by atoms with E-state index in [-0.39, 0.29) is 0 Å². The highest BCUT2D eigenvalue weighted by molar-refractivity contribution is 7.99. The van der Waals surface area contributed by atoms with Crippen molar-refractivity contribution in [3.8, 4) is 17.1 Å². The minimum atomic E-state index is 0.641. The lowest BCUT2D eigenvalue weighted by Gasteiger charge is -1.99. The number of thioether (sulfide) groups is 1. The normalized spacial score (nSPS) is 9.59. The van der Waals surface area contributed by atoms with Crippen LogP contribution in [0.2, 0.25) is 0 Å². The maximum absolute atomic E-state index is 5.15. The molecular formula is C17H23N3OS. The lowest BCUT2D eigenvalue weighted by atomic mass is 10.2. The van der Waals surface area contributed by atoms with Crippen molar-refractivity contribution >= 4 is 11.8 Å². The van der Waals surface area contributed by atoms with Crippen LogP contribution in [0.4, 0.5) is 0 Å². The summed E-state index contributed by atoms with van der Waals surface area (Å²) in [6.07, 6.45) is 3.66. The van der Waals surface area contributed by atoms with Gasteiger partial charge in [0.1, 0.15) is 5.75 Å². The topological polar surface area (TPSA) is 39.9 Å². The highest BCUT2D eigenvalue weighted by Gasteiger charge is 2.11. The molecule has 1 heterocycles. The third kappa shape index (κ3) is 4.77. The quantitative estimate of drug-likeness (QED) is 0.559. The molecule has 0 radical (unpaired) electrons. The third-order valence-electron chi connectivity index (χ3n) is 2.62. The van der Waals surface area contributed by atoms with Crippen molar-refractivity contribution in [3.05, 3.63) is 49.6 Å². The first-order valence-electron chi connectivity index (χ1n) is 7.22. The van der Waals surface area contributed by atoms with Gasteiger partial charge in [0.2, 0.25) is 0 Å². The molecule has 0 atom stereocenters. The molecule has 1 aromatic carbocycles. The van der Waals surface area contributed by atoms with E-state index in [1.54, 1.807) is 18.9 Å². The predicted molar refractivity (Wildman–Crippen MR) is 94.5 cm³/mol. The van der Waals surface area contributed by atoms with Crippen LogP contribution in [0, 0.1) is 0 Å². The van der Waals surface area contributed by atoms with E-state index in [0.717, 1.165) is 22.2 Å². The summed E-state index contributed by atoms with van der Waals surface area (Å²) in [7, 11) is 1.65. The largest absolute Gasteiger partial charge is 0.497 e. The van der Waals surface area contributed by atoms with E-state index in [9.17, 15) is 0 Å². The summed E-state index contributed by atoms with van der Waals surface area (Å²) in [6, 6.07) is 7.71. The maximum atomic E-state index is 5.15. The van der Waals surface area contributed by atoms with Gasteiger partial charge in [0.25, 0.3) is 0 Å². The molecule has 0 bridgehead atoms. The number of methoxy groups -OCH3 is 1. The van der Waals surface area contributed by atoms with Crippen LogP contribution in [0.3, 0.4) is 0 Å². The monoisotopic (exact) mass is 317 g/mol. The van der Waals surface area contributed by atoms with Crippen LogP contribution in [-0.4, -0.2) is 27.6 Å². The van der Waals surface area contributed by atoms with Gasteiger partial charge in [-0.25, -0.2) is 9.67 Å². The minimum Gasteiger partial charge on any atom is -0.497 e. The molecule has 5 heteroatoms. The van der Waals surface area contributed by atoms with E-state index in [1.807, 2.05) is 54.9 Å². The molecule has 0 spiro atoms. The summed E-state index contributed by atoms with van der Waals surface area (Å²) in [6.45, 7) is 12.1. The van der Waals surface area contributed by atoms with E-state index < -0.39 is 0 Å². The number of aromatic nitrogens is 3. The molecule has 22 heavy (non-hydrogen) atoms. The first kappa shape index (κ1) is 18.0. The number of rotatable bonds is 7. The summed E-state index contributed by atoms with van der Waals surface area (Å²) < 4.78 is 7.00. The van der Waals surface area contributed by atoms with Crippen LogP contribution in [-0.2, 0) is 6.54 Å². The zero-order chi connectivity index (χ0) is 16.4. The van der Waals surface area contributed by atoms with Gasteiger partial charge in [-0.15, -0.1) is 18.3 Å². The molecule has 0 aliphatic rings. The Hall–Kier alpha value is -2.01. The number of allylic oxidation sites excluding steroid dienone is 1. The zero-order valence-electron chi connectivity index (χ0n) is 13.5. The fourth-order valence-corrected chi connectivity index (χ4v) is 2.35. The lowest BCUT2D eigenvalue weighted by Crippen LogP contribution is -1.99. The predicted octanol–water partition coefficient (Wildman–Crippen LogP) is 4.44. The zero-order valence-corrected chi connectivity index (χ0v) is 14.3. The average molecular weight is 317 g/mol. The van der Waals surface area contributed by atoms with Crippen molar-refractivity contribution in [2.24, 2.45) is 0 Å². The van der Waals surface area contributed by atoms with Crippen molar-refractivity contribution in [2.45, 2.75) is 25.5 Å². The molecule has 0 aliphatic carbocycles. The Labute approximate surface area is 136 Å². The van der Waals surface area contributed by atoms with Crippen LogP contribution >= 0.6 is 11.8 Å². The molecule has 0 fully saturated rings. The molecule has 0 unspecified atom stereocenters. The van der Waals surface area contributed by atoms with E-state index in [4.69, 9.17) is 4.74 Å². The molecule has 0 N–H and O–H groups in total. The van der Waals surface area contributed by atoms with Crippen LogP contribution in [0.1, 0.15) is 13.8 Å². The summed E-state index contributed by atoms with van der Waals surface area (Å²) in [5.74, 6) is 2.33. The molecule has 0 amide bonds. The fourth-order valence-electron chi connectivity index (χ4n) is 1.67. The van der Waals surface area contributed by atoms with Crippen molar-refractivity contribution in [2.75, 3.05) is 12.9 Å². The van der Waals surface area contributed by atoms with Gasteiger partial charge in [-0.3, -0.25) is 0 Å². The second kappa shape index (κ2) is 9.84. The summed E-state index contributed by atoms with van der Waals surface area (Å²) >= 11 is 1.61. The summed E-state index contributed by atoms with van der Waals surface area (Å²) in [4.78, 5) is 4.57. The van der Waals surface area contributed by atoms with Crippen LogP contribution in [0.5, 0.6) is 5.75 Å². The Bertz CT molecular complexity index is 590. The minimum absolute atomic E-state index is 0.641. The summed E-state index contributed by atoms with van der Waals surface area (Å²) in [5.41, 5.74) is 0.967. The molecule has 0 aliphatic heterocycles. The first-order chi connectivity index (χ1) is 10.8. The Morgan fingerprint density at radius 1 is 1.18 bits per heavy atom. The number of nitrogens with zero attached hydrogens (tertiary/aromatic N) is 3. The van der Waals surface area contributed by atoms with E-state index >= 15 is 0 Å². The van der Waals surface area contributed by atoms with Gasteiger partial charge in [-0.2, -0.15) is 0 Å². The molecule has 0 saturated carbocycles. The maximum Gasteiger partial charge on any atom is 0.187 e. The Morgan fingerprint density at radius 2 is 1.86 bits per heavy atom.